The highest BCUT2D eigenvalue weighted by Gasteiger charge is 2.05. The van der Waals surface area contributed by atoms with Crippen LogP contribution in [0, 0.1) is 0 Å². The molecular weight excluding hydrogens is 372 g/mol. The van der Waals surface area contributed by atoms with Gasteiger partial charge in [0.15, 0.2) is 0 Å². The summed E-state index contributed by atoms with van der Waals surface area (Å²) in [5.41, 5.74) is 6.37. The topological polar surface area (TPSA) is 101 Å². The average molecular weight is 396 g/mol. The van der Waals surface area contributed by atoms with Crippen molar-refractivity contribution in [2.75, 3.05) is 14.2 Å². The van der Waals surface area contributed by atoms with Gasteiger partial charge in [-0.15, -0.1) is 0 Å². The Kier molecular flexibility index (Phi) is 8.88. The molecular formula is C21H24N4O4. The van der Waals surface area contributed by atoms with Crippen LogP contribution < -0.4 is 20.3 Å². The molecule has 8 heteroatoms. The summed E-state index contributed by atoms with van der Waals surface area (Å²) in [7, 11) is 3.13. The minimum absolute atomic E-state index is 0.174. The Hall–Kier alpha value is -3.68. The van der Waals surface area contributed by atoms with E-state index in [0.717, 1.165) is 11.1 Å². The van der Waals surface area contributed by atoms with Crippen LogP contribution in [0.5, 0.6) is 11.5 Å². The fraction of sp³-hybridized carbons (Fsp3) is 0.238. The Bertz CT molecular complexity index is 809. The van der Waals surface area contributed by atoms with Crippen LogP contribution in [0.1, 0.15) is 30.4 Å². The number of nitrogens with one attached hydrogen (secondary N) is 2. The Morgan fingerprint density at radius 1 is 0.793 bits per heavy atom. The molecule has 2 aromatic rings. The molecule has 0 aliphatic rings. The molecule has 0 saturated heterocycles. The number of hydrogen-bond donors (Lipinski definition) is 2. The van der Waals surface area contributed by atoms with Gasteiger partial charge < -0.3 is 9.47 Å². The van der Waals surface area contributed by atoms with E-state index < -0.39 is 0 Å². The molecule has 0 unspecified atom stereocenters. The number of amides is 2. The van der Waals surface area contributed by atoms with E-state index in [4.69, 9.17) is 9.47 Å². The second-order valence-corrected chi connectivity index (χ2v) is 5.92. The summed E-state index contributed by atoms with van der Waals surface area (Å²) in [6.07, 6.45) is 3.75. The highest BCUT2D eigenvalue weighted by Crippen LogP contribution is 2.15. The molecule has 2 aromatic carbocycles. The van der Waals surface area contributed by atoms with E-state index in [0.29, 0.717) is 17.9 Å². The van der Waals surface area contributed by atoms with Crippen LogP contribution in [0.4, 0.5) is 0 Å². The number of benzene rings is 2. The third-order valence-electron chi connectivity index (χ3n) is 3.87. The van der Waals surface area contributed by atoms with Crippen LogP contribution in [-0.2, 0) is 9.59 Å². The number of hydrogen-bond acceptors (Lipinski definition) is 6. The maximum absolute atomic E-state index is 11.8. The van der Waals surface area contributed by atoms with E-state index in [1.807, 2.05) is 36.4 Å². The lowest BCUT2D eigenvalue weighted by atomic mass is 10.2. The largest absolute Gasteiger partial charge is 0.496 e. The van der Waals surface area contributed by atoms with E-state index >= 15 is 0 Å². The van der Waals surface area contributed by atoms with E-state index in [1.165, 1.54) is 12.4 Å². The molecule has 152 valence electrons. The van der Waals surface area contributed by atoms with Gasteiger partial charge in [-0.05, 0) is 30.7 Å². The molecule has 0 bridgehead atoms. The number of carbonyl (C=O) groups is 2. The Morgan fingerprint density at radius 2 is 1.21 bits per heavy atom. The van der Waals surface area contributed by atoms with Gasteiger partial charge in [-0.2, -0.15) is 10.2 Å². The van der Waals surface area contributed by atoms with Crippen molar-refractivity contribution in [3.8, 4) is 11.5 Å². The summed E-state index contributed by atoms with van der Waals surface area (Å²) in [6, 6.07) is 14.6. The highest BCUT2D eigenvalue weighted by atomic mass is 16.5. The molecule has 0 radical (unpaired) electrons. The maximum atomic E-state index is 11.8. The zero-order valence-electron chi connectivity index (χ0n) is 16.4. The van der Waals surface area contributed by atoms with Gasteiger partial charge >= 0.3 is 0 Å². The molecule has 0 aromatic heterocycles. The predicted molar refractivity (Wildman–Crippen MR) is 111 cm³/mol. The van der Waals surface area contributed by atoms with E-state index in [1.54, 1.807) is 26.4 Å². The molecule has 0 saturated carbocycles. The van der Waals surface area contributed by atoms with Gasteiger partial charge in [0.2, 0.25) is 11.8 Å². The number of nitrogens with zero attached hydrogens (tertiary/aromatic N) is 2. The van der Waals surface area contributed by atoms with Gasteiger partial charge in [0.25, 0.3) is 0 Å². The number of methoxy groups -OCH3 is 2. The van der Waals surface area contributed by atoms with Crippen molar-refractivity contribution in [1.29, 1.82) is 0 Å². The van der Waals surface area contributed by atoms with E-state index in [-0.39, 0.29) is 24.7 Å². The number of ether oxygens (including phenoxy) is 2. The zero-order valence-corrected chi connectivity index (χ0v) is 16.4. The number of rotatable bonds is 10. The highest BCUT2D eigenvalue weighted by molar-refractivity contribution is 5.86. The molecule has 2 rings (SSSR count). The first-order valence-electron chi connectivity index (χ1n) is 9.04. The Morgan fingerprint density at radius 3 is 1.62 bits per heavy atom. The van der Waals surface area contributed by atoms with Gasteiger partial charge in [0.1, 0.15) is 11.5 Å². The van der Waals surface area contributed by atoms with Crippen LogP contribution in [0.15, 0.2) is 58.7 Å². The lowest BCUT2D eigenvalue weighted by molar-refractivity contribution is -0.122. The SMILES string of the molecule is COc1ccccc1C=NNC(=O)CCCC(=O)NN=Cc1ccccc1OC. The monoisotopic (exact) mass is 396 g/mol. The van der Waals surface area contributed by atoms with E-state index in [9.17, 15) is 9.59 Å². The fourth-order valence-corrected chi connectivity index (χ4v) is 2.42. The lowest BCUT2D eigenvalue weighted by Gasteiger charge is -2.04. The van der Waals surface area contributed by atoms with Crippen molar-refractivity contribution in [3.63, 3.8) is 0 Å². The van der Waals surface area contributed by atoms with Crippen molar-refractivity contribution in [1.82, 2.24) is 10.9 Å². The van der Waals surface area contributed by atoms with Crippen LogP contribution in [-0.4, -0.2) is 38.5 Å². The van der Waals surface area contributed by atoms with Gasteiger partial charge in [0.05, 0.1) is 26.6 Å². The van der Waals surface area contributed by atoms with Crippen LogP contribution in [0.25, 0.3) is 0 Å². The molecule has 8 nitrogen and oxygen atoms in total. The summed E-state index contributed by atoms with van der Waals surface area (Å²) in [5.74, 6) is 0.773. The third kappa shape index (κ3) is 7.45. The van der Waals surface area contributed by atoms with Crippen molar-refractivity contribution in [3.05, 3.63) is 59.7 Å². The molecule has 0 atom stereocenters. The average Bonchev–Trinajstić information content (AvgIpc) is 2.74. The van der Waals surface area contributed by atoms with Crippen molar-refractivity contribution in [2.45, 2.75) is 19.3 Å². The van der Waals surface area contributed by atoms with Gasteiger partial charge in [0, 0.05) is 24.0 Å². The smallest absolute Gasteiger partial charge is 0.240 e. The summed E-state index contributed by atoms with van der Waals surface area (Å²) in [6.45, 7) is 0. The molecule has 0 fully saturated rings. The predicted octanol–water partition coefficient (Wildman–Crippen LogP) is 2.47. The number of carbonyl (C=O) groups excluding carboxylic acids is 2. The minimum Gasteiger partial charge on any atom is -0.496 e. The second-order valence-electron chi connectivity index (χ2n) is 5.92. The Labute approximate surface area is 169 Å². The lowest BCUT2D eigenvalue weighted by Crippen LogP contribution is -2.20. The van der Waals surface area contributed by atoms with Crippen molar-refractivity contribution >= 4 is 24.2 Å². The zero-order chi connectivity index (χ0) is 20.9. The van der Waals surface area contributed by atoms with Crippen LogP contribution >= 0.6 is 0 Å². The third-order valence-corrected chi connectivity index (χ3v) is 3.87. The normalized spacial score (nSPS) is 10.8. The maximum Gasteiger partial charge on any atom is 0.240 e. The molecule has 2 N–H and O–H groups in total. The first-order chi connectivity index (χ1) is 14.1. The molecule has 0 aliphatic carbocycles. The standard InChI is InChI=1S/C21H24N4O4/c1-28-18-10-5-3-8-16(18)14-22-24-20(26)12-7-13-21(27)25-23-15-17-9-4-6-11-19(17)29-2/h3-6,8-11,14-15H,7,12-13H2,1-2H3,(H,24,26)(H,25,27). The molecule has 0 aliphatic heterocycles. The summed E-state index contributed by atoms with van der Waals surface area (Å²) in [5, 5.41) is 7.81. The molecule has 0 spiro atoms. The van der Waals surface area contributed by atoms with Crippen LogP contribution in [0.3, 0.4) is 0 Å². The summed E-state index contributed by atoms with van der Waals surface area (Å²) < 4.78 is 10.4. The number of hydrazone groups is 2. The van der Waals surface area contributed by atoms with E-state index in [2.05, 4.69) is 21.1 Å². The first kappa shape index (κ1) is 21.6. The van der Waals surface area contributed by atoms with Crippen molar-refractivity contribution < 1.29 is 19.1 Å². The first-order valence-corrected chi connectivity index (χ1v) is 9.04. The van der Waals surface area contributed by atoms with Gasteiger partial charge in [-0.25, -0.2) is 10.9 Å². The quantitative estimate of drug-likeness (QED) is 0.476. The summed E-state index contributed by atoms with van der Waals surface area (Å²) in [4.78, 5) is 23.6. The summed E-state index contributed by atoms with van der Waals surface area (Å²) >= 11 is 0. The minimum atomic E-state index is -0.276. The fourth-order valence-electron chi connectivity index (χ4n) is 2.42. The molecule has 29 heavy (non-hydrogen) atoms. The molecule has 0 heterocycles. The molecule has 2 amide bonds. The second kappa shape index (κ2) is 11.9. The van der Waals surface area contributed by atoms with Gasteiger partial charge in [-0.3, -0.25) is 9.59 Å². The van der Waals surface area contributed by atoms with Crippen molar-refractivity contribution in [2.24, 2.45) is 10.2 Å². The van der Waals surface area contributed by atoms with Crippen LogP contribution in [0.2, 0.25) is 0 Å². The van der Waals surface area contributed by atoms with Gasteiger partial charge in [-0.1, -0.05) is 24.3 Å². The number of para-hydroxylation sites is 2. The Balaban J connectivity index is 1.68.